The van der Waals surface area contributed by atoms with Gasteiger partial charge in [-0.1, -0.05) is 12.1 Å². The van der Waals surface area contributed by atoms with Gasteiger partial charge in [-0.3, -0.25) is 9.59 Å². The molecule has 2 heterocycles. The molecule has 190 valence electrons. The first-order valence-electron chi connectivity index (χ1n) is 11.4. The lowest BCUT2D eigenvalue weighted by Gasteiger charge is -2.29. The highest BCUT2D eigenvalue weighted by molar-refractivity contribution is 6.05. The first-order valence-corrected chi connectivity index (χ1v) is 11.4. The number of nitrogens with one attached hydrogen (secondary N) is 1. The highest BCUT2D eigenvalue weighted by Gasteiger charge is 2.33. The number of hydrogen-bond donors (Lipinski definition) is 2. The molecule has 0 unspecified atom stereocenters. The number of morpholine rings is 1. The van der Waals surface area contributed by atoms with Crippen LogP contribution in [-0.4, -0.2) is 36.8 Å². The van der Waals surface area contributed by atoms with E-state index in [0.717, 1.165) is 22.8 Å². The molecule has 36 heavy (non-hydrogen) atoms. The standard InChI is InChI=1S/C26H27F3N4O3/c1-16-3-4-17(24(34)31-20-6-5-18(14-30)22(13-20)26(27,28)29)11-21(16)19-12-23(25(35)32(2)15-19)33-7-9-36-10-8-33/h3-6,11-13,15H,7-10,14,30H2,1-2H3,(H,31,34). The van der Waals surface area contributed by atoms with Crippen molar-refractivity contribution in [3.8, 4) is 11.1 Å². The third-order valence-corrected chi connectivity index (χ3v) is 6.22. The summed E-state index contributed by atoms with van der Waals surface area (Å²) in [5, 5.41) is 2.55. The van der Waals surface area contributed by atoms with Gasteiger partial charge in [-0.25, -0.2) is 0 Å². The van der Waals surface area contributed by atoms with Crippen LogP contribution in [0.1, 0.15) is 27.0 Å². The zero-order valence-electron chi connectivity index (χ0n) is 20.0. The minimum atomic E-state index is -4.59. The molecule has 10 heteroatoms. The van der Waals surface area contributed by atoms with Gasteiger partial charge in [-0.15, -0.1) is 0 Å². The van der Waals surface area contributed by atoms with E-state index in [0.29, 0.717) is 32.0 Å². The second-order valence-electron chi connectivity index (χ2n) is 8.69. The molecule has 0 bridgehead atoms. The van der Waals surface area contributed by atoms with E-state index in [4.69, 9.17) is 10.5 Å². The topological polar surface area (TPSA) is 89.6 Å². The van der Waals surface area contributed by atoms with E-state index < -0.39 is 17.6 Å². The van der Waals surface area contributed by atoms with Crippen molar-refractivity contribution in [1.82, 2.24) is 4.57 Å². The Hall–Kier alpha value is -3.63. The van der Waals surface area contributed by atoms with Crippen LogP contribution in [0.2, 0.25) is 0 Å². The maximum atomic E-state index is 13.4. The van der Waals surface area contributed by atoms with E-state index in [1.165, 1.54) is 16.7 Å². The Labute approximate surface area is 206 Å². The Bertz CT molecular complexity index is 1350. The zero-order chi connectivity index (χ0) is 26.0. The first-order chi connectivity index (χ1) is 17.1. The van der Waals surface area contributed by atoms with Crippen molar-refractivity contribution in [1.29, 1.82) is 0 Å². The molecule has 1 aromatic heterocycles. The van der Waals surface area contributed by atoms with Crippen molar-refractivity contribution in [2.45, 2.75) is 19.6 Å². The maximum Gasteiger partial charge on any atom is 0.416 e. The predicted molar refractivity (Wildman–Crippen MR) is 132 cm³/mol. The number of amides is 1. The summed E-state index contributed by atoms with van der Waals surface area (Å²) in [7, 11) is 1.67. The number of halogens is 3. The monoisotopic (exact) mass is 500 g/mol. The second kappa shape index (κ2) is 10.2. The number of rotatable bonds is 5. The molecule has 0 aliphatic carbocycles. The van der Waals surface area contributed by atoms with E-state index in [1.807, 2.05) is 11.8 Å². The molecule has 1 aliphatic heterocycles. The summed E-state index contributed by atoms with van der Waals surface area (Å²) in [6, 6.07) is 10.4. The molecular formula is C26H27F3N4O3. The summed E-state index contributed by atoms with van der Waals surface area (Å²) >= 11 is 0. The second-order valence-corrected chi connectivity index (χ2v) is 8.69. The molecule has 2 aromatic carbocycles. The Morgan fingerprint density at radius 1 is 1.11 bits per heavy atom. The van der Waals surface area contributed by atoms with E-state index in [9.17, 15) is 22.8 Å². The van der Waals surface area contributed by atoms with E-state index in [-0.39, 0.29) is 28.9 Å². The number of benzene rings is 2. The van der Waals surface area contributed by atoms with Crippen molar-refractivity contribution < 1.29 is 22.7 Å². The van der Waals surface area contributed by atoms with Gasteiger partial charge < -0.3 is 25.3 Å². The summed E-state index contributed by atoms with van der Waals surface area (Å²) in [6.45, 7) is 3.88. The molecule has 4 rings (SSSR count). The van der Waals surface area contributed by atoms with Gasteiger partial charge in [0.05, 0.1) is 18.8 Å². The Morgan fingerprint density at radius 2 is 1.83 bits per heavy atom. The van der Waals surface area contributed by atoms with E-state index in [1.54, 1.807) is 37.5 Å². The van der Waals surface area contributed by atoms with Crippen LogP contribution in [0.15, 0.2) is 53.5 Å². The SMILES string of the molecule is Cc1ccc(C(=O)Nc2ccc(CN)c(C(F)(F)F)c2)cc1-c1cc(N2CCOCC2)c(=O)n(C)c1. The Balaban J connectivity index is 1.66. The van der Waals surface area contributed by atoms with Gasteiger partial charge in [0.25, 0.3) is 11.5 Å². The van der Waals surface area contributed by atoms with Gasteiger partial charge in [-0.05, 0) is 53.9 Å². The lowest BCUT2D eigenvalue weighted by atomic mass is 9.98. The molecule has 1 amide bonds. The van der Waals surface area contributed by atoms with Crippen molar-refractivity contribution in [2.75, 3.05) is 36.5 Å². The van der Waals surface area contributed by atoms with Gasteiger partial charge in [0.15, 0.2) is 0 Å². The lowest BCUT2D eigenvalue weighted by Crippen LogP contribution is -2.40. The van der Waals surface area contributed by atoms with Crippen molar-refractivity contribution in [3.63, 3.8) is 0 Å². The van der Waals surface area contributed by atoms with Crippen LogP contribution in [0.5, 0.6) is 0 Å². The zero-order valence-corrected chi connectivity index (χ0v) is 20.0. The molecule has 1 fully saturated rings. The third kappa shape index (κ3) is 5.29. The lowest BCUT2D eigenvalue weighted by molar-refractivity contribution is -0.138. The van der Waals surface area contributed by atoms with Crippen LogP contribution in [0.25, 0.3) is 11.1 Å². The molecular weight excluding hydrogens is 473 g/mol. The van der Waals surface area contributed by atoms with Crippen LogP contribution in [0.3, 0.4) is 0 Å². The van der Waals surface area contributed by atoms with Crippen LogP contribution >= 0.6 is 0 Å². The number of nitrogens with zero attached hydrogens (tertiary/aromatic N) is 2. The van der Waals surface area contributed by atoms with Gasteiger partial charge >= 0.3 is 6.18 Å². The minimum absolute atomic E-state index is 0.0170. The number of carbonyl (C=O) groups is 1. The van der Waals surface area contributed by atoms with E-state index in [2.05, 4.69) is 5.32 Å². The van der Waals surface area contributed by atoms with Crippen molar-refractivity contribution >= 4 is 17.3 Å². The number of anilines is 2. The molecule has 3 aromatic rings. The average molecular weight is 501 g/mol. The molecule has 0 radical (unpaired) electrons. The highest BCUT2D eigenvalue weighted by atomic mass is 19.4. The number of hydrogen-bond acceptors (Lipinski definition) is 5. The number of carbonyl (C=O) groups excluding carboxylic acids is 1. The maximum absolute atomic E-state index is 13.4. The fraction of sp³-hybridized carbons (Fsp3) is 0.308. The summed E-state index contributed by atoms with van der Waals surface area (Å²) in [4.78, 5) is 27.7. The number of pyridine rings is 1. The van der Waals surface area contributed by atoms with Crippen LogP contribution in [-0.2, 0) is 24.5 Å². The number of aryl methyl sites for hydroxylation is 2. The highest BCUT2D eigenvalue weighted by Crippen LogP contribution is 2.34. The smallest absolute Gasteiger partial charge is 0.378 e. The summed E-state index contributed by atoms with van der Waals surface area (Å²) in [6.07, 6.45) is -2.88. The molecule has 0 saturated carbocycles. The normalized spacial score (nSPS) is 14.1. The minimum Gasteiger partial charge on any atom is -0.378 e. The molecule has 0 atom stereocenters. The number of aromatic nitrogens is 1. The molecule has 7 nitrogen and oxygen atoms in total. The molecule has 1 saturated heterocycles. The van der Waals surface area contributed by atoms with Crippen molar-refractivity contribution in [2.24, 2.45) is 12.8 Å². The first kappa shape index (κ1) is 25.5. The van der Waals surface area contributed by atoms with Crippen LogP contribution < -0.4 is 21.5 Å². The molecule has 0 spiro atoms. The Morgan fingerprint density at radius 3 is 2.50 bits per heavy atom. The summed E-state index contributed by atoms with van der Waals surface area (Å²) in [5.74, 6) is -0.553. The average Bonchev–Trinajstić information content (AvgIpc) is 2.86. The van der Waals surface area contributed by atoms with Crippen molar-refractivity contribution in [3.05, 3.63) is 81.3 Å². The fourth-order valence-corrected chi connectivity index (χ4v) is 4.25. The number of nitrogens with two attached hydrogens (primary N) is 1. The summed E-state index contributed by atoms with van der Waals surface area (Å²) < 4.78 is 47.1. The summed E-state index contributed by atoms with van der Waals surface area (Å²) in [5.41, 5.74) is 7.57. The van der Waals surface area contributed by atoms with E-state index >= 15 is 0 Å². The quantitative estimate of drug-likeness (QED) is 0.554. The number of alkyl halides is 3. The third-order valence-electron chi connectivity index (χ3n) is 6.22. The Kier molecular flexibility index (Phi) is 7.18. The van der Waals surface area contributed by atoms with Gasteiger partial charge in [0.1, 0.15) is 5.69 Å². The van der Waals surface area contributed by atoms with Gasteiger partial charge in [0, 0.05) is 49.7 Å². The largest absolute Gasteiger partial charge is 0.416 e. The van der Waals surface area contributed by atoms with Gasteiger partial charge in [0.2, 0.25) is 0 Å². The fourth-order valence-electron chi connectivity index (χ4n) is 4.25. The van der Waals surface area contributed by atoms with Gasteiger partial charge in [-0.2, -0.15) is 13.2 Å². The van der Waals surface area contributed by atoms with Crippen LogP contribution in [0, 0.1) is 6.92 Å². The van der Waals surface area contributed by atoms with Crippen LogP contribution in [0.4, 0.5) is 24.5 Å². The molecule has 3 N–H and O–H groups in total. The molecule has 1 aliphatic rings. The number of ether oxygens (including phenoxy) is 1. The predicted octanol–water partition coefficient (Wildman–Crippen LogP) is 3.93.